The highest BCUT2D eigenvalue weighted by atomic mass is 16.5. The van der Waals surface area contributed by atoms with Crippen LogP contribution in [0.15, 0.2) is 11.6 Å². The fraction of sp³-hybridized carbons (Fsp3) is 0.871. The summed E-state index contributed by atoms with van der Waals surface area (Å²) in [7, 11) is 1.41. The van der Waals surface area contributed by atoms with Gasteiger partial charge in [0.25, 0.3) is 0 Å². The Morgan fingerprint density at radius 2 is 1.63 bits per heavy atom. The van der Waals surface area contributed by atoms with Gasteiger partial charge in [0.1, 0.15) is 0 Å². The zero-order valence-corrected chi connectivity index (χ0v) is 24.0. The van der Waals surface area contributed by atoms with Crippen LogP contribution in [0.1, 0.15) is 92.4 Å². The van der Waals surface area contributed by atoms with Crippen molar-refractivity contribution in [1.29, 1.82) is 0 Å². The number of aliphatic hydroxyl groups excluding tert-OH is 3. The van der Waals surface area contributed by atoms with Gasteiger partial charge in [-0.25, -0.2) is 0 Å². The molecule has 0 aliphatic heterocycles. The van der Waals surface area contributed by atoms with E-state index in [0.29, 0.717) is 32.1 Å². The molecule has 7 nitrogen and oxygen atoms in total. The molecule has 0 aromatic carbocycles. The van der Waals surface area contributed by atoms with E-state index >= 15 is 0 Å². The number of hydrogen-bond acceptors (Lipinski definition) is 6. The van der Waals surface area contributed by atoms with E-state index in [4.69, 9.17) is 4.74 Å². The summed E-state index contributed by atoms with van der Waals surface area (Å²) in [6, 6.07) is 0. The third-order valence-corrected chi connectivity index (χ3v) is 13.6. The first-order chi connectivity index (χ1) is 17.6. The molecule has 4 fully saturated rings. The lowest BCUT2D eigenvalue weighted by atomic mass is 9.33. The van der Waals surface area contributed by atoms with Crippen LogP contribution in [-0.2, 0) is 14.3 Å². The number of carbonyl (C=O) groups is 2. The molecule has 5 aliphatic carbocycles. The Kier molecular flexibility index (Phi) is 6.31. The summed E-state index contributed by atoms with van der Waals surface area (Å²) in [5.74, 6) is -0.919. The summed E-state index contributed by atoms with van der Waals surface area (Å²) in [5.41, 5.74) is -1.76. The van der Waals surface area contributed by atoms with Gasteiger partial charge in [-0.05, 0) is 98.7 Å². The Labute approximate surface area is 227 Å². The molecular formula is C31H48O7. The van der Waals surface area contributed by atoms with Crippen molar-refractivity contribution in [1.82, 2.24) is 0 Å². The zero-order valence-electron chi connectivity index (χ0n) is 24.0. The van der Waals surface area contributed by atoms with Gasteiger partial charge in [-0.2, -0.15) is 0 Å². The maximum absolute atomic E-state index is 12.9. The summed E-state index contributed by atoms with van der Waals surface area (Å²) in [6.07, 6.45) is 6.37. The molecule has 0 aromatic rings. The maximum Gasteiger partial charge on any atom is 0.311 e. The summed E-state index contributed by atoms with van der Waals surface area (Å²) in [4.78, 5) is 25.8. The van der Waals surface area contributed by atoms with Crippen LogP contribution in [0.3, 0.4) is 0 Å². The molecule has 0 radical (unpaired) electrons. The quantitative estimate of drug-likeness (QED) is 0.315. The van der Waals surface area contributed by atoms with Crippen LogP contribution < -0.4 is 0 Å². The Morgan fingerprint density at radius 3 is 2.24 bits per heavy atom. The number of aliphatic carboxylic acids is 1. The maximum atomic E-state index is 12.9. The SMILES string of the molecule is COC(=O)[C@@]1(C)CC[C@]2(C(=O)O)CC[C@]3(C)C(=CC[C@@H]4[C@@]5(C)C[C@H](O)[C@H](O)[C@@](C)(CO)[C@@H]5CC[C@]43C)[C@@H]2C1. The molecular weight excluding hydrogens is 484 g/mol. The summed E-state index contributed by atoms with van der Waals surface area (Å²) in [6.45, 7) is 10.6. The first kappa shape index (κ1) is 28.1. The number of carboxylic acids is 1. The van der Waals surface area contributed by atoms with Gasteiger partial charge in [0, 0.05) is 5.41 Å². The van der Waals surface area contributed by atoms with E-state index in [2.05, 4.69) is 26.8 Å². The summed E-state index contributed by atoms with van der Waals surface area (Å²) in [5, 5.41) is 43.0. The molecule has 11 atom stereocenters. The molecule has 214 valence electrons. The number of aliphatic hydroxyl groups is 3. The average Bonchev–Trinajstić information content (AvgIpc) is 2.87. The van der Waals surface area contributed by atoms with Crippen molar-refractivity contribution in [3.63, 3.8) is 0 Å². The standard InChI is InChI=1S/C31H48O7/c1-26(25(37)38-6)11-13-31(24(35)36)14-12-29(4)18(19(31)15-26)7-8-22-27(2)16-20(33)23(34)28(3,17-32)21(27)9-10-30(22,29)5/h7,19-23,32-34H,8-17H2,1-6H3,(H,35,36)/t19-,20-,21+,22+,23-,26-,27-,28-,29+,30+,31-/m0/s1. The second-order valence-electron chi connectivity index (χ2n) is 14.9. The van der Waals surface area contributed by atoms with E-state index in [0.717, 1.165) is 25.7 Å². The second-order valence-corrected chi connectivity index (χ2v) is 14.9. The lowest BCUT2D eigenvalue weighted by Crippen LogP contribution is -2.68. The van der Waals surface area contributed by atoms with E-state index in [-0.39, 0.29) is 46.6 Å². The Balaban J connectivity index is 1.61. The average molecular weight is 533 g/mol. The van der Waals surface area contributed by atoms with E-state index in [9.17, 15) is 30.0 Å². The molecule has 38 heavy (non-hydrogen) atoms. The third kappa shape index (κ3) is 3.24. The number of allylic oxidation sites excluding steroid dienone is 2. The number of methoxy groups -OCH3 is 1. The molecule has 0 saturated heterocycles. The van der Waals surface area contributed by atoms with E-state index in [1.54, 1.807) is 0 Å². The smallest absolute Gasteiger partial charge is 0.311 e. The number of ether oxygens (including phenoxy) is 1. The van der Waals surface area contributed by atoms with Crippen molar-refractivity contribution in [3.8, 4) is 0 Å². The molecule has 0 unspecified atom stereocenters. The lowest BCUT2D eigenvalue weighted by Gasteiger charge is -2.71. The lowest BCUT2D eigenvalue weighted by molar-refractivity contribution is -0.243. The van der Waals surface area contributed by atoms with Crippen LogP contribution in [0.2, 0.25) is 0 Å². The van der Waals surface area contributed by atoms with Crippen LogP contribution in [0.25, 0.3) is 0 Å². The number of hydrogen-bond donors (Lipinski definition) is 4. The van der Waals surface area contributed by atoms with Crippen molar-refractivity contribution < 1.29 is 34.8 Å². The highest BCUT2D eigenvalue weighted by Gasteiger charge is 2.71. The third-order valence-electron chi connectivity index (χ3n) is 13.6. The van der Waals surface area contributed by atoms with Gasteiger partial charge >= 0.3 is 11.9 Å². The molecule has 0 spiro atoms. The van der Waals surface area contributed by atoms with Crippen LogP contribution in [0.5, 0.6) is 0 Å². The van der Waals surface area contributed by atoms with Crippen molar-refractivity contribution in [3.05, 3.63) is 11.6 Å². The minimum Gasteiger partial charge on any atom is -0.481 e. The highest BCUT2D eigenvalue weighted by molar-refractivity contribution is 5.80. The fourth-order valence-electron chi connectivity index (χ4n) is 11.0. The van der Waals surface area contributed by atoms with Gasteiger partial charge in [-0.3, -0.25) is 9.59 Å². The molecule has 7 heteroatoms. The van der Waals surface area contributed by atoms with Gasteiger partial charge in [0.2, 0.25) is 0 Å². The Hall–Kier alpha value is -1.44. The minimum atomic E-state index is -0.954. The molecule has 0 bridgehead atoms. The first-order valence-electron chi connectivity index (χ1n) is 14.6. The number of carbonyl (C=O) groups excluding carboxylic acids is 1. The minimum absolute atomic E-state index is 0.0778. The van der Waals surface area contributed by atoms with Gasteiger partial charge in [0.15, 0.2) is 0 Å². The molecule has 4 saturated carbocycles. The topological polar surface area (TPSA) is 124 Å². The molecule has 5 rings (SSSR count). The van der Waals surface area contributed by atoms with Gasteiger partial charge < -0.3 is 25.2 Å². The number of rotatable bonds is 3. The zero-order chi connectivity index (χ0) is 28.1. The van der Waals surface area contributed by atoms with Crippen LogP contribution in [0.4, 0.5) is 0 Å². The summed E-state index contributed by atoms with van der Waals surface area (Å²) < 4.78 is 5.18. The molecule has 4 N–H and O–H groups in total. The van der Waals surface area contributed by atoms with E-state index in [1.165, 1.54) is 12.7 Å². The van der Waals surface area contributed by atoms with Gasteiger partial charge in [-0.1, -0.05) is 39.3 Å². The number of fused-ring (bicyclic) bond motifs is 7. The van der Waals surface area contributed by atoms with Crippen molar-refractivity contribution in [2.24, 2.45) is 50.2 Å². The molecule has 0 aromatic heterocycles. The Bertz CT molecular complexity index is 1050. The second kappa shape index (κ2) is 8.53. The predicted molar refractivity (Wildman–Crippen MR) is 142 cm³/mol. The van der Waals surface area contributed by atoms with Crippen LogP contribution in [-0.4, -0.2) is 58.3 Å². The number of esters is 1. The van der Waals surface area contributed by atoms with Crippen molar-refractivity contribution >= 4 is 11.9 Å². The fourth-order valence-corrected chi connectivity index (χ4v) is 11.0. The normalized spacial score (nSPS) is 53.9. The van der Waals surface area contributed by atoms with Crippen molar-refractivity contribution in [2.75, 3.05) is 13.7 Å². The van der Waals surface area contributed by atoms with Crippen molar-refractivity contribution in [2.45, 2.75) is 105 Å². The first-order valence-corrected chi connectivity index (χ1v) is 14.6. The van der Waals surface area contributed by atoms with Gasteiger partial charge in [-0.15, -0.1) is 0 Å². The largest absolute Gasteiger partial charge is 0.481 e. The van der Waals surface area contributed by atoms with Crippen LogP contribution in [0, 0.1) is 50.2 Å². The van der Waals surface area contributed by atoms with E-state index in [1.807, 2.05) is 13.8 Å². The predicted octanol–water partition coefficient (Wildman–Crippen LogP) is 4.33. The van der Waals surface area contributed by atoms with E-state index < -0.39 is 34.4 Å². The molecule has 0 heterocycles. The van der Waals surface area contributed by atoms with Crippen LogP contribution >= 0.6 is 0 Å². The van der Waals surface area contributed by atoms with Gasteiger partial charge in [0.05, 0.1) is 36.8 Å². The highest BCUT2D eigenvalue weighted by Crippen LogP contribution is 2.75. The summed E-state index contributed by atoms with van der Waals surface area (Å²) >= 11 is 0. The monoisotopic (exact) mass is 532 g/mol. The molecule has 5 aliphatic rings. The molecule has 0 amide bonds. The Morgan fingerprint density at radius 1 is 0.974 bits per heavy atom. The number of carboxylic acid groups (broad SMARTS) is 1.